The second-order valence-corrected chi connectivity index (χ2v) is 6.81. The van der Waals surface area contributed by atoms with Gasteiger partial charge >= 0.3 is 0 Å². The Morgan fingerprint density at radius 3 is 2.31 bits per heavy atom. The first-order valence-electron chi connectivity index (χ1n) is 9.24. The summed E-state index contributed by atoms with van der Waals surface area (Å²) in [5, 5.41) is 12.1. The third kappa shape index (κ3) is 3.78. The van der Waals surface area contributed by atoms with Crippen LogP contribution in [0.25, 0.3) is 11.5 Å². The first-order valence-corrected chi connectivity index (χ1v) is 9.24. The molecule has 0 aliphatic carbocycles. The van der Waals surface area contributed by atoms with Crippen LogP contribution in [0.15, 0.2) is 65.1 Å². The maximum absolute atomic E-state index is 5.93. The predicted molar refractivity (Wildman–Crippen MR) is 103 cm³/mol. The molecular weight excluding hydrogens is 324 g/mol. The lowest BCUT2D eigenvalue weighted by molar-refractivity contribution is 0.147. The van der Waals surface area contributed by atoms with Crippen molar-refractivity contribution in [2.45, 2.75) is 31.8 Å². The van der Waals surface area contributed by atoms with Crippen molar-refractivity contribution in [1.29, 1.82) is 0 Å². The zero-order valence-electron chi connectivity index (χ0n) is 15.0. The fourth-order valence-corrected chi connectivity index (χ4v) is 3.46. The van der Waals surface area contributed by atoms with Gasteiger partial charge in [0.1, 0.15) is 0 Å². The van der Waals surface area contributed by atoms with E-state index in [9.17, 15) is 0 Å². The number of rotatable bonds is 5. The highest BCUT2D eigenvalue weighted by Crippen LogP contribution is 2.27. The summed E-state index contributed by atoms with van der Waals surface area (Å²) in [6.45, 7) is 4.19. The standard InChI is InChI=1S/C21H24N4O/c1-16(20-23-24-21(26-20)17-8-4-2-5-9-17)25-14-12-19(13-15-25)22-18-10-6-3-7-11-18/h2-11,16,19,22H,12-15H2,1H3/t16-/m0/s1. The molecule has 4 rings (SSSR count). The monoisotopic (exact) mass is 348 g/mol. The first-order chi connectivity index (χ1) is 12.8. The SMILES string of the molecule is C[C@@H](c1nnc(-c2ccccc2)o1)N1CCC(Nc2ccccc2)CC1. The van der Waals surface area contributed by atoms with Gasteiger partial charge in [0.15, 0.2) is 0 Å². The van der Waals surface area contributed by atoms with E-state index < -0.39 is 0 Å². The number of aromatic nitrogens is 2. The fraction of sp³-hybridized carbons (Fsp3) is 0.333. The molecule has 5 heteroatoms. The number of hydrogen-bond donors (Lipinski definition) is 1. The van der Waals surface area contributed by atoms with Gasteiger partial charge in [-0.2, -0.15) is 0 Å². The summed E-state index contributed by atoms with van der Waals surface area (Å²) < 4.78 is 5.93. The quantitative estimate of drug-likeness (QED) is 0.742. The van der Waals surface area contributed by atoms with Crippen molar-refractivity contribution < 1.29 is 4.42 Å². The average molecular weight is 348 g/mol. The smallest absolute Gasteiger partial charge is 0.247 e. The van der Waals surface area contributed by atoms with Crippen molar-refractivity contribution >= 4 is 5.69 Å². The van der Waals surface area contributed by atoms with Gasteiger partial charge < -0.3 is 9.73 Å². The summed E-state index contributed by atoms with van der Waals surface area (Å²) in [6, 6.07) is 21.0. The molecule has 1 aliphatic rings. The molecule has 2 heterocycles. The number of anilines is 1. The molecule has 0 saturated carbocycles. The Hall–Kier alpha value is -2.66. The zero-order valence-corrected chi connectivity index (χ0v) is 15.0. The molecule has 0 bridgehead atoms. The Morgan fingerprint density at radius 1 is 0.962 bits per heavy atom. The molecule has 1 aliphatic heterocycles. The molecule has 2 aromatic carbocycles. The number of benzene rings is 2. The van der Waals surface area contributed by atoms with Crippen LogP contribution in [0.4, 0.5) is 5.69 Å². The van der Waals surface area contributed by atoms with E-state index in [0.29, 0.717) is 17.8 Å². The van der Waals surface area contributed by atoms with Crippen LogP contribution < -0.4 is 5.32 Å². The van der Waals surface area contributed by atoms with Gasteiger partial charge in [-0.3, -0.25) is 4.90 Å². The molecular formula is C21H24N4O. The number of para-hydroxylation sites is 1. The van der Waals surface area contributed by atoms with Crippen LogP contribution in [0, 0.1) is 0 Å². The fourth-order valence-electron chi connectivity index (χ4n) is 3.46. The Labute approximate surface area is 154 Å². The van der Waals surface area contributed by atoms with Gasteiger partial charge in [0.2, 0.25) is 11.8 Å². The molecule has 1 fully saturated rings. The highest BCUT2D eigenvalue weighted by molar-refractivity contribution is 5.51. The maximum Gasteiger partial charge on any atom is 0.247 e. The van der Waals surface area contributed by atoms with E-state index in [1.54, 1.807) is 0 Å². The average Bonchev–Trinajstić information content (AvgIpc) is 3.20. The lowest BCUT2D eigenvalue weighted by atomic mass is 10.0. The van der Waals surface area contributed by atoms with Gasteiger partial charge in [-0.15, -0.1) is 10.2 Å². The molecule has 3 aromatic rings. The maximum atomic E-state index is 5.93. The van der Waals surface area contributed by atoms with Crippen molar-refractivity contribution in [2.75, 3.05) is 18.4 Å². The summed E-state index contributed by atoms with van der Waals surface area (Å²) >= 11 is 0. The van der Waals surface area contributed by atoms with Crippen LogP contribution in [0.5, 0.6) is 0 Å². The summed E-state index contributed by atoms with van der Waals surface area (Å²) in [7, 11) is 0. The predicted octanol–water partition coefficient (Wildman–Crippen LogP) is 4.37. The van der Waals surface area contributed by atoms with Crippen molar-refractivity contribution in [1.82, 2.24) is 15.1 Å². The van der Waals surface area contributed by atoms with Gasteiger partial charge in [0.25, 0.3) is 0 Å². The minimum Gasteiger partial charge on any atom is -0.419 e. The van der Waals surface area contributed by atoms with E-state index >= 15 is 0 Å². The van der Waals surface area contributed by atoms with Crippen LogP contribution in [-0.4, -0.2) is 34.2 Å². The second kappa shape index (κ2) is 7.70. The van der Waals surface area contributed by atoms with E-state index in [1.807, 2.05) is 36.4 Å². The molecule has 0 radical (unpaired) electrons. The molecule has 1 saturated heterocycles. The van der Waals surface area contributed by atoms with Gasteiger partial charge in [-0.25, -0.2) is 0 Å². The molecule has 134 valence electrons. The van der Waals surface area contributed by atoms with Crippen molar-refractivity contribution in [3.05, 3.63) is 66.6 Å². The largest absolute Gasteiger partial charge is 0.419 e. The van der Waals surface area contributed by atoms with Crippen LogP contribution in [0.2, 0.25) is 0 Å². The molecule has 0 spiro atoms. The Kier molecular flexibility index (Phi) is 4.97. The van der Waals surface area contributed by atoms with Crippen molar-refractivity contribution in [3.63, 3.8) is 0 Å². The molecule has 1 atom stereocenters. The lowest BCUT2D eigenvalue weighted by Crippen LogP contribution is -2.40. The second-order valence-electron chi connectivity index (χ2n) is 6.81. The number of nitrogens with one attached hydrogen (secondary N) is 1. The van der Waals surface area contributed by atoms with Crippen LogP contribution >= 0.6 is 0 Å². The highest BCUT2D eigenvalue weighted by Gasteiger charge is 2.26. The zero-order chi connectivity index (χ0) is 17.8. The number of likely N-dealkylation sites (tertiary alicyclic amines) is 1. The molecule has 1 N–H and O–H groups in total. The first kappa shape index (κ1) is 16.8. The van der Waals surface area contributed by atoms with Crippen LogP contribution in [-0.2, 0) is 0 Å². The summed E-state index contributed by atoms with van der Waals surface area (Å²) in [6.07, 6.45) is 2.22. The van der Waals surface area contributed by atoms with Gasteiger partial charge in [-0.05, 0) is 44.0 Å². The lowest BCUT2D eigenvalue weighted by Gasteiger charge is -2.35. The van der Waals surface area contributed by atoms with E-state index in [0.717, 1.165) is 31.5 Å². The summed E-state index contributed by atoms with van der Waals surface area (Å²) in [4.78, 5) is 2.42. The molecule has 5 nitrogen and oxygen atoms in total. The molecule has 0 unspecified atom stereocenters. The minimum atomic E-state index is 0.137. The van der Waals surface area contributed by atoms with Gasteiger partial charge in [0.05, 0.1) is 6.04 Å². The summed E-state index contributed by atoms with van der Waals surface area (Å²) in [5.41, 5.74) is 2.16. The van der Waals surface area contributed by atoms with Crippen molar-refractivity contribution in [2.24, 2.45) is 0 Å². The van der Waals surface area contributed by atoms with E-state index in [1.165, 1.54) is 5.69 Å². The topological polar surface area (TPSA) is 54.2 Å². The summed E-state index contributed by atoms with van der Waals surface area (Å²) in [5.74, 6) is 1.28. The van der Waals surface area contributed by atoms with Gasteiger partial charge in [0, 0.05) is 30.4 Å². The van der Waals surface area contributed by atoms with Crippen molar-refractivity contribution in [3.8, 4) is 11.5 Å². The number of nitrogens with zero attached hydrogens (tertiary/aromatic N) is 3. The third-order valence-electron chi connectivity index (χ3n) is 5.04. The number of hydrogen-bond acceptors (Lipinski definition) is 5. The molecule has 1 aromatic heterocycles. The highest BCUT2D eigenvalue weighted by atomic mass is 16.4. The van der Waals surface area contributed by atoms with Gasteiger partial charge in [-0.1, -0.05) is 36.4 Å². The van der Waals surface area contributed by atoms with E-state index in [2.05, 4.69) is 51.6 Å². The minimum absolute atomic E-state index is 0.137. The Bertz CT molecular complexity index is 810. The van der Waals surface area contributed by atoms with E-state index in [4.69, 9.17) is 4.42 Å². The molecule has 0 amide bonds. The van der Waals surface area contributed by atoms with Crippen LogP contribution in [0.3, 0.4) is 0 Å². The number of piperidine rings is 1. The third-order valence-corrected chi connectivity index (χ3v) is 5.04. The Morgan fingerprint density at radius 2 is 1.62 bits per heavy atom. The van der Waals surface area contributed by atoms with Crippen LogP contribution in [0.1, 0.15) is 31.7 Å². The Balaban J connectivity index is 1.35. The molecule has 26 heavy (non-hydrogen) atoms. The normalized spacial score (nSPS) is 17.1. The van der Waals surface area contributed by atoms with E-state index in [-0.39, 0.29) is 6.04 Å².